The van der Waals surface area contributed by atoms with Gasteiger partial charge < -0.3 is 19.7 Å². The fourth-order valence-electron chi connectivity index (χ4n) is 3.06. The van der Waals surface area contributed by atoms with Gasteiger partial charge in [0.25, 0.3) is 0 Å². The minimum atomic E-state index is -1.05. The van der Waals surface area contributed by atoms with Crippen LogP contribution >= 0.6 is 0 Å². The van der Waals surface area contributed by atoms with E-state index in [0.717, 1.165) is 18.4 Å². The molecule has 1 fully saturated rings. The molecule has 1 unspecified atom stereocenters. The maximum atomic E-state index is 12.3. The van der Waals surface area contributed by atoms with Crippen LogP contribution in [0.5, 0.6) is 0 Å². The number of carboxylic acid groups (broad SMARTS) is 1. The van der Waals surface area contributed by atoms with Gasteiger partial charge in [-0.2, -0.15) is 0 Å². The van der Waals surface area contributed by atoms with E-state index < -0.39 is 5.97 Å². The number of piperidine rings is 1. The summed E-state index contributed by atoms with van der Waals surface area (Å²) in [5.74, 6) is -0.435. The molecule has 2 heterocycles. The number of H-pyrrole nitrogens is 1. The van der Waals surface area contributed by atoms with Gasteiger partial charge in [0.05, 0.1) is 0 Å². The van der Waals surface area contributed by atoms with Crippen LogP contribution < -0.4 is 0 Å². The van der Waals surface area contributed by atoms with Crippen molar-refractivity contribution in [1.82, 2.24) is 14.9 Å². The number of amides is 1. The van der Waals surface area contributed by atoms with Crippen molar-refractivity contribution in [3.63, 3.8) is 0 Å². The number of likely N-dealkylation sites (tertiary alicyclic amines) is 1. The van der Waals surface area contributed by atoms with Crippen molar-refractivity contribution in [3.8, 4) is 0 Å². The van der Waals surface area contributed by atoms with Crippen molar-refractivity contribution in [2.45, 2.75) is 32.3 Å². The van der Waals surface area contributed by atoms with E-state index in [2.05, 4.69) is 9.97 Å². The molecule has 1 aromatic carbocycles. The average Bonchev–Trinajstić information content (AvgIpc) is 3.03. The van der Waals surface area contributed by atoms with Crippen LogP contribution in [-0.2, 0) is 11.3 Å². The van der Waals surface area contributed by atoms with E-state index >= 15 is 0 Å². The largest absolute Gasteiger partial charge is 0.476 e. The lowest BCUT2D eigenvalue weighted by molar-refractivity contribution is 0.0688. The summed E-state index contributed by atoms with van der Waals surface area (Å²) in [6.45, 7) is 3.04. The predicted molar refractivity (Wildman–Crippen MR) is 90.5 cm³/mol. The summed E-state index contributed by atoms with van der Waals surface area (Å²) in [5, 5.41) is 9.13. The number of carbonyl (C=O) groups is 2. The van der Waals surface area contributed by atoms with Crippen LogP contribution in [0, 0.1) is 6.92 Å². The lowest BCUT2D eigenvalue weighted by Gasteiger charge is -2.31. The fourth-order valence-corrected chi connectivity index (χ4v) is 3.06. The highest BCUT2D eigenvalue weighted by Gasteiger charge is 2.28. The van der Waals surface area contributed by atoms with Gasteiger partial charge in [-0.05, 0) is 25.3 Å². The Bertz CT molecular complexity index is 757. The van der Waals surface area contributed by atoms with Gasteiger partial charge in [0, 0.05) is 24.7 Å². The molecule has 0 saturated carbocycles. The van der Waals surface area contributed by atoms with E-state index in [9.17, 15) is 9.59 Å². The van der Waals surface area contributed by atoms with E-state index in [1.165, 1.54) is 0 Å². The van der Waals surface area contributed by atoms with Gasteiger partial charge in [0.15, 0.2) is 5.69 Å². The monoisotopic (exact) mass is 343 g/mol. The SMILES string of the molecule is Cc1[nH]c(C2CCCN(C(=O)OCc3ccccc3)C2)nc1C(=O)O. The molecule has 0 spiro atoms. The summed E-state index contributed by atoms with van der Waals surface area (Å²) in [6, 6.07) is 9.53. The van der Waals surface area contributed by atoms with Crippen molar-refractivity contribution in [1.29, 1.82) is 0 Å². The second-order valence-electron chi connectivity index (χ2n) is 6.23. The van der Waals surface area contributed by atoms with Gasteiger partial charge in [-0.25, -0.2) is 14.6 Å². The second-order valence-corrected chi connectivity index (χ2v) is 6.23. The van der Waals surface area contributed by atoms with Crippen LogP contribution in [0.2, 0.25) is 0 Å². The molecule has 0 radical (unpaired) electrons. The smallest absolute Gasteiger partial charge is 0.410 e. The molecule has 7 nitrogen and oxygen atoms in total. The Morgan fingerprint density at radius 1 is 1.36 bits per heavy atom. The molecular formula is C18H21N3O4. The number of imidazole rings is 1. The van der Waals surface area contributed by atoms with E-state index in [0.29, 0.717) is 24.6 Å². The molecule has 0 aliphatic carbocycles. The van der Waals surface area contributed by atoms with Crippen molar-refractivity contribution in [2.75, 3.05) is 13.1 Å². The van der Waals surface area contributed by atoms with Crippen LogP contribution in [0.25, 0.3) is 0 Å². The van der Waals surface area contributed by atoms with Crippen molar-refractivity contribution in [2.24, 2.45) is 0 Å². The first-order chi connectivity index (χ1) is 12.0. The number of aromatic amines is 1. The van der Waals surface area contributed by atoms with Crippen LogP contribution in [-0.4, -0.2) is 45.1 Å². The lowest BCUT2D eigenvalue weighted by atomic mass is 9.98. The summed E-state index contributed by atoms with van der Waals surface area (Å²) in [5.41, 5.74) is 1.52. The number of ether oxygens (including phenoxy) is 1. The third kappa shape index (κ3) is 3.99. The molecule has 25 heavy (non-hydrogen) atoms. The Balaban J connectivity index is 1.61. The highest BCUT2D eigenvalue weighted by molar-refractivity contribution is 5.86. The van der Waals surface area contributed by atoms with E-state index in [-0.39, 0.29) is 24.3 Å². The van der Waals surface area contributed by atoms with E-state index in [4.69, 9.17) is 9.84 Å². The molecule has 1 aliphatic heterocycles. The molecule has 3 rings (SSSR count). The summed E-state index contributed by atoms with van der Waals surface area (Å²) in [6.07, 6.45) is 1.33. The number of benzene rings is 1. The van der Waals surface area contributed by atoms with Crippen LogP contribution in [0.1, 0.15) is 46.3 Å². The number of carboxylic acids is 1. The molecule has 2 aromatic rings. The first-order valence-corrected chi connectivity index (χ1v) is 8.30. The van der Waals surface area contributed by atoms with Crippen molar-refractivity contribution >= 4 is 12.1 Å². The maximum Gasteiger partial charge on any atom is 0.410 e. The zero-order chi connectivity index (χ0) is 17.8. The third-order valence-electron chi connectivity index (χ3n) is 4.38. The number of hydrogen-bond donors (Lipinski definition) is 2. The number of aromatic nitrogens is 2. The first-order valence-electron chi connectivity index (χ1n) is 8.30. The van der Waals surface area contributed by atoms with E-state index in [1.54, 1.807) is 11.8 Å². The third-order valence-corrected chi connectivity index (χ3v) is 4.38. The second kappa shape index (κ2) is 7.38. The number of aromatic carboxylic acids is 1. The minimum Gasteiger partial charge on any atom is -0.476 e. The van der Waals surface area contributed by atoms with Crippen LogP contribution in [0.3, 0.4) is 0 Å². The number of nitrogens with zero attached hydrogens (tertiary/aromatic N) is 2. The number of carbonyl (C=O) groups excluding carboxylic acids is 1. The van der Waals surface area contributed by atoms with Crippen LogP contribution in [0.15, 0.2) is 30.3 Å². The fraction of sp³-hybridized carbons (Fsp3) is 0.389. The molecule has 1 aromatic heterocycles. The zero-order valence-corrected chi connectivity index (χ0v) is 14.1. The van der Waals surface area contributed by atoms with Crippen molar-refractivity contribution in [3.05, 3.63) is 53.1 Å². The Morgan fingerprint density at radius 2 is 2.12 bits per heavy atom. The topological polar surface area (TPSA) is 95.5 Å². The van der Waals surface area contributed by atoms with Gasteiger partial charge in [0.2, 0.25) is 0 Å². The summed E-state index contributed by atoms with van der Waals surface area (Å²) >= 11 is 0. The molecule has 1 amide bonds. The molecule has 0 bridgehead atoms. The maximum absolute atomic E-state index is 12.3. The Morgan fingerprint density at radius 3 is 2.80 bits per heavy atom. The predicted octanol–water partition coefficient (Wildman–Crippen LogP) is 2.93. The number of rotatable bonds is 4. The zero-order valence-electron chi connectivity index (χ0n) is 14.1. The quantitative estimate of drug-likeness (QED) is 0.890. The lowest BCUT2D eigenvalue weighted by Crippen LogP contribution is -2.39. The molecule has 1 saturated heterocycles. The van der Waals surface area contributed by atoms with Gasteiger partial charge in [-0.3, -0.25) is 0 Å². The number of nitrogens with one attached hydrogen (secondary N) is 1. The Hall–Kier alpha value is -2.83. The van der Waals surface area contributed by atoms with Crippen LogP contribution in [0.4, 0.5) is 4.79 Å². The van der Waals surface area contributed by atoms with Gasteiger partial charge >= 0.3 is 12.1 Å². The Kier molecular flexibility index (Phi) is 5.02. The number of hydrogen-bond acceptors (Lipinski definition) is 4. The number of aryl methyl sites for hydroxylation is 1. The molecule has 2 N–H and O–H groups in total. The highest BCUT2D eigenvalue weighted by Crippen LogP contribution is 2.26. The van der Waals surface area contributed by atoms with Gasteiger partial charge in [0.1, 0.15) is 12.4 Å². The minimum absolute atomic E-state index is 0.00942. The van der Waals surface area contributed by atoms with E-state index in [1.807, 2.05) is 30.3 Å². The standard InChI is InChI=1S/C18H21N3O4/c1-12-15(17(22)23)20-16(19-12)14-8-5-9-21(10-14)18(24)25-11-13-6-3-2-4-7-13/h2-4,6-7,14H,5,8-11H2,1H3,(H,19,20)(H,22,23). The molecule has 132 valence electrons. The first kappa shape index (κ1) is 17.0. The summed E-state index contributed by atoms with van der Waals surface area (Å²) < 4.78 is 5.38. The normalized spacial score (nSPS) is 17.3. The highest BCUT2D eigenvalue weighted by atomic mass is 16.6. The average molecular weight is 343 g/mol. The Labute approximate surface area is 145 Å². The molecule has 7 heteroatoms. The van der Waals surface area contributed by atoms with Gasteiger partial charge in [-0.15, -0.1) is 0 Å². The summed E-state index contributed by atoms with van der Waals surface area (Å²) in [4.78, 5) is 32.3. The molecule has 1 atom stereocenters. The van der Waals surface area contributed by atoms with Crippen molar-refractivity contribution < 1.29 is 19.4 Å². The molecule has 1 aliphatic rings. The summed E-state index contributed by atoms with van der Waals surface area (Å²) in [7, 11) is 0. The molecular weight excluding hydrogens is 322 g/mol. The van der Waals surface area contributed by atoms with Gasteiger partial charge in [-0.1, -0.05) is 30.3 Å².